The highest BCUT2D eigenvalue weighted by Gasteiger charge is 2.16. The molecule has 0 saturated carbocycles. The van der Waals surface area contributed by atoms with E-state index >= 15 is 0 Å². The van der Waals surface area contributed by atoms with E-state index < -0.39 is 6.61 Å². The van der Waals surface area contributed by atoms with E-state index in [2.05, 4.69) is 25.6 Å². The molecule has 3 rings (SSSR count). The van der Waals surface area contributed by atoms with E-state index in [1.54, 1.807) is 19.1 Å². The van der Waals surface area contributed by atoms with Crippen LogP contribution in [0, 0.1) is 6.92 Å². The first-order chi connectivity index (χ1) is 13.4. The third-order valence-corrected chi connectivity index (χ3v) is 4.08. The highest BCUT2D eigenvalue weighted by Crippen LogP contribution is 2.35. The molecule has 2 aromatic rings. The minimum atomic E-state index is -2.94. The zero-order valence-electron chi connectivity index (χ0n) is 15.2. The molecule has 1 aromatic heterocycles. The number of piperidine rings is 1. The second-order valence-corrected chi connectivity index (χ2v) is 6.11. The van der Waals surface area contributed by atoms with Crippen LogP contribution >= 0.6 is 0 Å². The number of anilines is 1. The number of carboxylic acid groups (broad SMARTS) is 1. The fourth-order valence-corrected chi connectivity index (χ4v) is 2.97. The Hall–Kier alpha value is -3.01. The lowest BCUT2D eigenvalue weighted by molar-refractivity contribution is -0.122. The first kappa shape index (κ1) is 21.3. The van der Waals surface area contributed by atoms with Gasteiger partial charge in [-0.2, -0.15) is 8.78 Å². The van der Waals surface area contributed by atoms with Crippen molar-refractivity contribution in [3.8, 4) is 22.8 Å². The molecule has 10 heteroatoms. The Morgan fingerprint density at radius 3 is 2.64 bits per heavy atom. The number of aromatic hydroxyl groups is 1. The predicted octanol–water partition coefficient (Wildman–Crippen LogP) is 2.62. The van der Waals surface area contributed by atoms with Crippen LogP contribution in [0.2, 0.25) is 0 Å². The maximum Gasteiger partial charge on any atom is 0.387 e. The summed E-state index contributed by atoms with van der Waals surface area (Å²) in [4.78, 5) is 8.36. The smallest absolute Gasteiger partial charge is 0.387 e. The summed E-state index contributed by atoms with van der Waals surface area (Å²) >= 11 is 0. The quantitative estimate of drug-likeness (QED) is 0.570. The average Bonchev–Trinajstić information content (AvgIpc) is 2.63. The Labute approximate surface area is 160 Å². The molecule has 1 aromatic carbocycles. The summed E-state index contributed by atoms with van der Waals surface area (Å²) < 4.78 is 28.9. The van der Waals surface area contributed by atoms with Gasteiger partial charge in [0.15, 0.2) is 0 Å². The van der Waals surface area contributed by atoms with Gasteiger partial charge in [-0.3, -0.25) is 4.79 Å². The number of rotatable bonds is 5. The van der Waals surface area contributed by atoms with Crippen LogP contribution in [-0.4, -0.2) is 52.6 Å². The minimum Gasteiger partial charge on any atom is -0.507 e. The van der Waals surface area contributed by atoms with Crippen LogP contribution in [-0.2, 0) is 4.79 Å². The molecule has 0 radical (unpaired) electrons. The largest absolute Gasteiger partial charge is 0.507 e. The zero-order valence-corrected chi connectivity index (χ0v) is 15.2. The Morgan fingerprint density at radius 1 is 1.36 bits per heavy atom. The molecule has 1 aliphatic rings. The highest BCUT2D eigenvalue weighted by atomic mass is 19.3. The van der Waals surface area contributed by atoms with Gasteiger partial charge in [0.25, 0.3) is 6.47 Å². The van der Waals surface area contributed by atoms with Gasteiger partial charge in [-0.15, -0.1) is 10.2 Å². The van der Waals surface area contributed by atoms with Crippen molar-refractivity contribution in [1.29, 1.82) is 0 Å². The lowest BCUT2D eigenvalue weighted by Crippen LogP contribution is -2.38. The van der Waals surface area contributed by atoms with Crippen molar-refractivity contribution in [3.63, 3.8) is 0 Å². The number of phenolic OH excluding ortho intramolecular Hbond substituents is 1. The third kappa shape index (κ3) is 6.02. The number of hydrogen-bond donors (Lipinski definition) is 4. The van der Waals surface area contributed by atoms with E-state index in [9.17, 15) is 13.9 Å². The molecule has 1 atom stereocenters. The first-order valence-electron chi connectivity index (χ1n) is 8.62. The SMILES string of the molecule is Cc1cc(OC(F)F)cc(O)c1-c1ccc(NC2CCCNC2)nn1.O=CO. The summed E-state index contributed by atoms with van der Waals surface area (Å²) in [6.45, 7) is 0.417. The maximum absolute atomic E-state index is 12.3. The molecule has 28 heavy (non-hydrogen) atoms. The van der Waals surface area contributed by atoms with Crippen molar-refractivity contribution < 1.29 is 28.5 Å². The van der Waals surface area contributed by atoms with Crippen molar-refractivity contribution >= 4 is 12.3 Å². The monoisotopic (exact) mass is 396 g/mol. The molecule has 0 bridgehead atoms. The van der Waals surface area contributed by atoms with Crippen molar-refractivity contribution in [2.45, 2.75) is 32.4 Å². The number of benzene rings is 1. The van der Waals surface area contributed by atoms with Crippen molar-refractivity contribution in [3.05, 3.63) is 29.8 Å². The Bertz CT molecular complexity index is 746. The van der Waals surface area contributed by atoms with Crippen LogP contribution in [0.1, 0.15) is 18.4 Å². The Morgan fingerprint density at radius 2 is 2.11 bits per heavy atom. The number of ether oxygens (including phenoxy) is 1. The number of nitrogens with zero attached hydrogens (tertiary/aromatic N) is 2. The third-order valence-electron chi connectivity index (χ3n) is 4.08. The number of nitrogens with one attached hydrogen (secondary N) is 2. The zero-order chi connectivity index (χ0) is 20.5. The number of alkyl halides is 2. The number of carbonyl (C=O) groups is 1. The van der Waals surface area contributed by atoms with Gasteiger partial charge < -0.3 is 25.6 Å². The molecule has 8 nitrogen and oxygen atoms in total. The lowest BCUT2D eigenvalue weighted by atomic mass is 10.0. The number of phenols is 1. The van der Waals surface area contributed by atoms with Crippen molar-refractivity contribution in [2.75, 3.05) is 18.4 Å². The van der Waals surface area contributed by atoms with E-state index in [1.807, 2.05) is 0 Å². The summed E-state index contributed by atoms with van der Waals surface area (Å²) in [6.07, 6.45) is 2.19. The fraction of sp³-hybridized carbons (Fsp3) is 0.389. The molecule has 1 saturated heterocycles. The van der Waals surface area contributed by atoms with Gasteiger partial charge in [-0.1, -0.05) is 0 Å². The summed E-state index contributed by atoms with van der Waals surface area (Å²) in [5.74, 6) is 0.388. The molecular formula is C18H22F2N4O4. The van der Waals surface area contributed by atoms with Gasteiger partial charge in [0.05, 0.1) is 5.69 Å². The maximum atomic E-state index is 12.3. The van der Waals surface area contributed by atoms with Crippen LogP contribution in [0.3, 0.4) is 0 Å². The molecule has 1 fully saturated rings. The van der Waals surface area contributed by atoms with Gasteiger partial charge in [0.1, 0.15) is 17.3 Å². The van der Waals surface area contributed by atoms with Crippen molar-refractivity contribution in [2.24, 2.45) is 0 Å². The minimum absolute atomic E-state index is 0.0928. The molecule has 4 N–H and O–H groups in total. The van der Waals surface area contributed by atoms with E-state index in [0.717, 1.165) is 32.0 Å². The van der Waals surface area contributed by atoms with Crippen LogP contribution in [0.5, 0.6) is 11.5 Å². The van der Waals surface area contributed by atoms with Gasteiger partial charge in [-0.25, -0.2) is 0 Å². The first-order valence-corrected chi connectivity index (χ1v) is 8.62. The summed E-state index contributed by atoms with van der Waals surface area (Å²) in [5, 5.41) is 32.0. The molecule has 2 heterocycles. The standard InChI is InChI=1S/C17H20F2N4O2.CH2O2/c1-10-7-12(25-17(18)19)8-14(24)16(10)13-4-5-15(23-22-13)21-11-3-2-6-20-9-11;2-1-3/h4-5,7-8,11,17,20,24H,2-3,6,9H2,1H3,(H,21,23);1H,(H,2,3). The topological polar surface area (TPSA) is 117 Å². The molecule has 0 amide bonds. The second-order valence-electron chi connectivity index (χ2n) is 6.11. The second kappa shape index (κ2) is 10.4. The Balaban J connectivity index is 0.000000878. The average molecular weight is 396 g/mol. The molecule has 1 aliphatic heterocycles. The van der Waals surface area contributed by atoms with Crippen molar-refractivity contribution in [1.82, 2.24) is 15.5 Å². The summed E-state index contributed by atoms with van der Waals surface area (Å²) in [7, 11) is 0. The summed E-state index contributed by atoms with van der Waals surface area (Å²) in [6, 6.07) is 6.43. The number of halogens is 2. The molecular weight excluding hydrogens is 374 g/mol. The number of aromatic nitrogens is 2. The van der Waals surface area contributed by atoms with Gasteiger partial charge in [0, 0.05) is 24.2 Å². The fourth-order valence-electron chi connectivity index (χ4n) is 2.97. The van der Waals surface area contributed by atoms with E-state index in [1.165, 1.54) is 6.07 Å². The Kier molecular flexibility index (Phi) is 7.88. The van der Waals surface area contributed by atoms with Gasteiger partial charge in [0.2, 0.25) is 0 Å². The normalized spacial score (nSPS) is 16.1. The van der Waals surface area contributed by atoms with Gasteiger partial charge in [-0.05, 0) is 50.1 Å². The van der Waals surface area contributed by atoms with Gasteiger partial charge >= 0.3 is 6.61 Å². The van der Waals surface area contributed by atoms with Crippen LogP contribution < -0.4 is 15.4 Å². The van der Waals surface area contributed by atoms with Crippen LogP contribution in [0.15, 0.2) is 24.3 Å². The highest BCUT2D eigenvalue weighted by molar-refractivity contribution is 5.72. The molecule has 0 aliphatic carbocycles. The molecule has 1 unspecified atom stereocenters. The van der Waals surface area contributed by atoms with E-state index in [4.69, 9.17) is 9.90 Å². The number of aryl methyl sites for hydroxylation is 1. The van der Waals surface area contributed by atoms with Crippen LogP contribution in [0.4, 0.5) is 14.6 Å². The van der Waals surface area contributed by atoms with E-state index in [-0.39, 0.29) is 18.0 Å². The lowest BCUT2D eigenvalue weighted by Gasteiger charge is -2.24. The number of hydrogen-bond acceptors (Lipinski definition) is 7. The predicted molar refractivity (Wildman–Crippen MR) is 98.7 cm³/mol. The molecule has 152 valence electrons. The van der Waals surface area contributed by atoms with E-state index in [0.29, 0.717) is 28.7 Å². The van der Waals surface area contributed by atoms with Crippen LogP contribution in [0.25, 0.3) is 11.3 Å². The summed E-state index contributed by atoms with van der Waals surface area (Å²) in [5.41, 5.74) is 1.48. The molecule has 0 spiro atoms.